The van der Waals surface area contributed by atoms with Gasteiger partial charge in [0.25, 0.3) is 0 Å². The van der Waals surface area contributed by atoms with Gasteiger partial charge in [-0.25, -0.2) is 0 Å². The molecular formula is C12H10F4P-. The minimum absolute atomic E-state index is 0.767. The third-order valence-corrected chi connectivity index (χ3v) is 5.23. The van der Waals surface area contributed by atoms with Gasteiger partial charge in [-0.05, 0) is 0 Å². The second-order valence-corrected chi connectivity index (χ2v) is 7.22. The van der Waals surface area contributed by atoms with Gasteiger partial charge in [-0.3, -0.25) is 0 Å². The second kappa shape index (κ2) is 3.08. The molecule has 0 bridgehead atoms. The summed E-state index contributed by atoms with van der Waals surface area (Å²) in [6, 6.07) is 10.6. The first kappa shape index (κ1) is 12.1. The van der Waals surface area contributed by atoms with E-state index in [1.165, 1.54) is 36.4 Å². The summed E-state index contributed by atoms with van der Waals surface area (Å²) >= 11 is 0. The Morgan fingerprint density at radius 3 is 1.12 bits per heavy atom. The van der Waals surface area contributed by atoms with Crippen molar-refractivity contribution >= 4 is 17.8 Å². The van der Waals surface area contributed by atoms with Crippen LogP contribution in [-0.2, 0) is 0 Å². The molecule has 0 amide bonds. The zero-order valence-corrected chi connectivity index (χ0v) is 9.63. The number of benzene rings is 2. The third kappa shape index (κ3) is 1.93. The Morgan fingerprint density at radius 2 is 0.824 bits per heavy atom. The minimum atomic E-state index is -8.62. The first-order valence-corrected chi connectivity index (χ1v) is 7.19. The normalized spacial score (nSPS) is 16.0. The number of hydrogen-bond acceptors (Lipinski definition) is 0. The first-order valence-electron chi connectivity index (χ1n) is 4.94. The van der Waals surface area contributed by atoms with Gasteiger partial charge in [0, 0.05) is 0 Å². The summed E-state index contributed by atoms with van der Waals surface area (Å²) in [6.45, 7) is 0. The Labute approximate surface area is 95.9 Å². The predicted octanol–water partition coefficient (Wildman–Crippen LogP) is 4.26. The van der Waals surface area contributed by atoms with Crippen molar-refractivity contribution in [2.45, 2.75) is 0 Å². The van der Waals surface area contributed by atoms with Crippen LogP contribution in [0.2, 0.25) is 0 Å². The molecule has 0 nitrogen and oxygen atoms in total. The topological polar surface area (TPSA) is 0 Å². The van der Waals surface area contributed by atoms with Crippen LogP contribution in [-0.4, -0.2) is 0 Å². The van der Waals surface area contributed by atoms with E-state index in [0.29, 0.717) is 0 Å². The van der Waals surface area contributed by atoms with E-state index in [4.69, 9.17) is 0 Å². The van der Waals surface area contributed by atoms with Crippen molar-refractivity contribution in [1.82, 2.24) is 0 Å². The maximum atomic E-state index is 14.1. The van der Waals surface area contributed by atoms with Crippen molar-refractivity contribution in [2.75, 3.05) is 0 Å². The molecule has 2 aromatic carbocycles. The van der Waals surface area contributed by atoms with E-state index in [0.717, 1.165) is 24.3 Å². The van der Waals surface area contributed by atoms with E-state index in [2.05, 4.69) is 0 Å². The van der Waals surface area contributed by atoms with Gasteiger partial charge < -0.3 is 0 Å². The molecular weight excluding hydrogens is 251 g/mol. The van der Waals surface area contributed by atoms with Crippen LogP contribution in [0.3, 0.4) is 0 Å². The van der Waals surface area contributed by atoms with Crippen LogP contribution in [0.25, 0.3) is 0 Å². The molecule has 0 heterocycles. The molecule has 0 radical (unpaired) electrons. The standard InChI is InChI=1S/C12H10F4P/c13-17(14,15,16,11-7-3-1-4-8-11)12-9-5-2-6-10-12/h1-10H/q-1. The fourth-order valence-electron chi connectivity index (χ4n) is 1.60. The molecule has 0 aliphatic heterocycles. The van der Waals surface area contributed by atoms with Crippen LogP contribution in [0.5, 0.6) is 0 Å². The fraction of sp³-hybridized carbons (Fsp3) is 0. The molecule has 0 saturated carbocycles. The monoisotopic (exact) mass is 261 g/mol. The van der Waals surface area contributed by atoms with Crippen LogP contribution in [0.15, 0.2) is 60.7 Å². The molecule has 0 saturated heterocycles. The van der Waals surface area contributed by atoms with Crippen molar-refractivity contribution in [3.05, 3.63) is 60.7 Å². The van der Waals surface area contributed by atoms with Crippen LogP contribution < -0.4 is 10.6 Å². The molecule has 0 atom stereocenters. The Kier molecular flexibility index (Phi) is 2.18. The van der Waals surface area contributed by atoms with E-state index in [1.807, 2.05) is 0 Å². The molecule has 0 aliphatic rings. The van der Waals surface area contributed by atoms with Gasteiger partial charge in [0.2, 0.25) is 0 Å². The van der Waals surface area contributed by atoms with E-state index >= 15 is 0 Å². The zero-order chi connectivity index (χ0) is 12.6. The molecule has 0 fully saturated rings. The van der Waals surface area contributed by atoms with Crippen molar-refractivity contribution in [2.24, 2.45) is 0 Å². The zero-order valence-electron chi connectivity index (χ0n) is 8.73. The van der Waals surface area contributed by atoms with Crippen molar-refractivity contribution in [3.8, 4) is 0 Å². The summed E-state index contributed by atoms with van der Waals surface area (Å²) in [4.78, 5) is 0. The van der Waals surface area contributed by atoms with Gasteiger partial charge in [0.05, 0.1) is 0 Å². The second-order valence-electron chi connectivity index (χ2n) is 3.84. The number of hydrogen-bond donors (Lipinski definition) is 0. The van der Waals surface area contributed by atoms with Gasteiger partial charge in [-0.2, -0.15) is 0 Å². The molecule has 5 heteroatoms. The summed E-state index contributed by atoms with van der Waals surface area (Å²) in [5.74, 6) is 0. The Balaban J connectivity index is 2.76. The van der Waals surface area contributed by atoms with Crippen molar-refractivity contribution in [3.63, 3.8) is 0 Å². The first-order chi connectivity index (χ1) is 7.74. The average Bonchev–Trinajstić information content (AvgIpc) is 2.30. The summed E-state index contributed by atoms with van der Waals surface area (Å²) in [5, 5.41) is -2.41. The van der Waals surface area contributed by atoms with Gasteiger partial charge in [-0.1, -0.05) is 0 Å². The van der Waals surface area contributed by atoms with E-state index in [-0.39, 0.29) is 0 Å². The third-order valence-electron chi connectivity index (χ3n) is 2.55. The van der Waals surface area contributed by atoms with Crippen LogP contribution in [0.4, 0.5) is 16.8 Å². The molecule has 2 aromatic rings. The Hall–Kier alpha value is -1.41. The summed E-state index contributed by atoms with van der Waals surface area (Å²) in [5.41, 5.74) is 0. The molecule has 92 valence electrons. The summed E-state index contributed by atoms with van der Waals surface area (Å²) in [6.07, 6.45) is 0. The SMILES string of the molecule is F[P-](F)(F)(F)(c1ccccc1)c1ccccc1. The van der Waals surface area contributed by atoms with Crippen molar-refractivity contribution < 1.29 is 16.8 Å². The number of halogens is 4. The molecule has 0 unspecified atom stereocenters. The predicted molar refractivity (Wildman–Crippen MR) is 63.5 cm³/mol. The quantitative estimate of drug-likeness (QED) is 0.559. The van der Waals surface area contributed by atoms with E-state index in [1.54, 1.807) is 0 Å². The average molecular weight is 261 g/mol. The summed E-state index contributed by atoms with van der Waals surface area (Å²) < 4.78 is 56.3. The van der Waals surface area contributed by atoms with Crippen LogP contribution in [0, 0.1) is 0 Å². The van der Waals surface area contributed by atoms with Gasteiger partial charge in [-0.15, -0.1) is 0 Å². The maximum absolute atomic E-state index is 14.1. The summed E-state index contributed by atoms with van der Waals surface area (Å²) in [7, 11) is -8.62. The molecule has 17 heavy (non-hydrogen) atoms. The van der Waals surface area contributed by atoms with Crippen molar-refractivity contribution in [1.29, 1.82) is 0 Å². The van der Waals surface area contributed by atoms with Gasteiger partial charge in [0.1, 0.15) is 0 Å². The van der Waals surface area contributed by atoms with Gasteiger partial charge >= 0.3 is 95.2 Å². The van der Waals surface area contributed by atoms with E-state index in [9.17, 15) is 16.8 Å². The fourth-order valence-corrected chi connectivity index (χ4v) is 3.45. The Bertz CT molecular complexity index is 484. The van der Waals surface area contributed by atoms with E-state index < -0.39 is 17.8 Å². The molecule has 2 rings (SSSR count). The van der Waals surface area contributed by atoms with Crippen LogP contribution in [0.1, 0.15) is 0 Å². The number of rotatable bonds is 2. The Morgan fingerprint density at radius 1 is 0.529 bits per heavy atom. The molecule has 0 N–H and O–H groups in total. The molecule has 0 spiro atoms. The van der Waals surface area contributed by atoms with Crippen LogP contribution >= 0.6 is 7.19 Å². The van der Waals surface area contributed by atoms with Gasteiger partial charge in [0.15, 0.2) is 0 Å². The molecule has 0 aliphatic carbocycles. The molecule has 0 aromatic heterocycles.